The maximum absolute atomic E-state index is 5.95. The smallest absolute Gasteiger partial charge is 0.139 e. The normalized spacial score (nSPS) is 15.9. The monoisotopic (exact) mass is 299 g/mol. The van der Waals surface area contributed by atoms with Crippen molar-refractivity contribution in [2.75, 3.05) is 18.0 Å². The molecule has 2 heterocycles. The Kier molecular flexibility index (Phi) is 3.74. The molecule has 1 saturated heterocycles. The summed E-state index contributed by atoms with van der Waals surface area (Å²) in [5, 5.41) is 1.05. The van der Waals surface area contributed by atoms with Crippen LogP contribution in [0.15, 0.2) is 54.9 Å². The SMILES string of the molecule is [B]c1ccc2ncnc(N3CCC(c4ccccc4)CC3)c2c1. The molecule has 0 spiro atoms. The number of fused-ring (bicyclic) bond motifs is 1. The third-order valence-electron chi connectivity index (χ3n) is 4.70. The molecule has 1 aromatic heterocycles. The molecule has 23 heavy (non-hydrogen) atoms. The summed E-state index contributed by atoms with van der Waals surface area (Å²) in [7, 11) is 5.95. The largest absolute Gasteiger partial charge is 0.356 e. The second-order valence-electron chi connectivity index (χ2n) is 6.15. The lowest BCUT2D eigenvalue weighted by molar-refractivity contribution is 0.503. The van der Waals surface area contributed by atoms with E-state index < -0.39 is 0 Å². The van der Waals surface area contributed by atoms with E-state index in [1.807, 2.05) is 18.2 Å². The standard InChI is InChI=1S/C19H18BN3/c20-16-6-7-18-17(12-16)19(22-13-21-18)23-10-8-15(9-11-23)14-4-2-1-3-5-14/h1-7,12-13,15H,8-11H2. The molecule has 2 radical (unpaired) electrons. The van der Waals surface area contributed by atoms with E-state index >= 15 is 0 Å². The number of aromatic nitrogens is 2. The van der Waals surface area contributed by atoms with Crippen LogP contribution in [0, 0.1) is 0 Å². The Bertz CT molecular complexity index is 811. The van der Waals surface area contributed by atoms with Gasteiger partial charge >= 0.3 is 0 Å². The van der Waals surface area contributed by atoms with Crippen LogP contribution >= 0.6 is 0 Å². The molecule has 4 heteroatoms. The van der Waals surface area contributed by atoms with Crippen LogP contribution in [-0.4, -0.2) is 30.9 Å². The van der Waals surface area contributed by atoms with Gasteiger partial charge in [-0.25, -0.2) is 9.97 Å². The minimum absolute atomic E-state index is 0.644. The lowest BCUT2D eigenvalue weighted by atomic mass is 9.89. The van der Waals surface area contributed by atoms with E-state index in [4.69, 9.17) is 7.85 Å². The molecule has 0 N–H and O–H groups in total. The molecular formula is C19H18BN3. The Labute approximate surface area is 137 Å². The quantitative estimate of drug-likeness (QED) is 0.681. The number of nitrogens with zero attached hydrogens (tertiary/aromatic N) is 3. The molecule has 4 rings (SSSR count). The van der Waals surface area contributed by atoms with Crippen molar-refractivity contribution in [2.45, 2.75) is 18.8 Å². The predicted molar refractivity (Wildman–Crippen MR) is 95.6 cm³/mol. The van der Waals surface area contributed by atoms with Crippen LogP contribution in [0.25, 0.3) is 10.9 Å². The predicted octanol–water partition coefficient (Wildman–Crippen LogP) is 2.81. The van der Waals surface area contributed by atoms with Gasteiger partial charge in [-0.2, -0.15) is 0 Å². The van der Waals surface area contributed by atoms with Crippen LogP contribution < -0.4 is 10.4 Å². The molecule has 3 aromatic rings. The second kappa shape index (κ2) is 6.03. The van der Waals surface area contributed by atoms with E-state index in [2.05, 4.69) is 45.2 Å². The van der Waals surface area contributed by atoms with Crippen molar-refractivity contribution < 1.29 is 0 Å². The zero-order chi connectivity index (χ0) is 15.6. The van der Waals surface area contributed by atoms with Crippen molar-refractivity contribution in [3.05, 3.63) is 60.4 Å². The Morgan fingerprint density at radius 2 is 1.74 bits per heavy atom. The van der Waals surface area contributed by atoms with Crippen LogP contribution in [-0.2, 0) is 0 Å². The number of benzene rings is 2. The zero-order valence-electron chi connectivity index (χ0n) is 13.0. The van der Waals surface area contributed by atoms with Crippen LogP contribution in [0.3, 0.4) is 0 Å². The molecule has 1 aliphatic rings. The average Bonchev–Trinajstić information content (AvgIpc) is 2.62. The summed E-state index contributed by atoms with van der Waals surface area (Å²) < 4.78 is 0. The number of piperidine rings is 1. The molecule has 3 nitrogen and oxygen atoms in total. The molecule has 0 unspecified atom stereocenters. The average molecular weight is 299 g/mol. The molecule has 0 atom stereocenters. The van der Waals surface area contributed by atoms with Crippen LogP contribution in [0.4, 0.5) is 5.82 Å². The van der Waals surface area contributed by atoms with E-state index in [0.717, 1.165) is 48.1 Å². The van der Waals surface area contributed by atoms with Crippen molar-refractivity contribution in [1.82, 2.24) is 9.97 Å². The molecule has 0 amide bonds. The Hall–Kier alpha value is -2.36. The Morgan fingerprint density at radius 1 is 0.957 bits per heavy atom. The Balaban J connectivity index is 1.58. The zero-order valence-corrected chi connectivity index (χ0v) is 13.0. The van der Waals surface area contributed by atoms with Crippen molar-refractivity contribution in [3.63, 3.8) is 0 Å². The summed E-state index contributed by atoms with van der Waals surface area (Å²) in [4.78, 5) is 11.2. The summed E-state index contributed by atoms with van der Waals surface area (Å²) >= 11 is 0. The molecule has 1 aliphatic heterocycles. The van der Waals surface area contributed by atoms with E-state index in [0.29, 0.717) is 5.92 Å². The van der Waals surface area contributed by atoms with E-state index in [1.54, 1.807) is 6.33 Å². The summed E-state index contributed by atoms with van der Waals surface area (Å²) in [5.74, 6) is 1.65. The fourth-order valence-electron chi connectivity index (χ4n) is 3.46. The number of hydrogen-bond donors (Lipinski definition) is 0. The first kappa shape index (κ1) is 14.3. The minimum atomic E-state index is 0.644. The maximum atomic E-state index is 5.95. The lowest BCUT2D eigenvalue weighted by Gasteiger charge is -2.33. The molecule has 0 bridgehead atoms. The van der Waals surface area contributed by atoms with E-state index in [1.165, 1.54) is 5.56 Å². The maximum Gasteiger partial charge on any atom is 0.139 e. The van der Waals surface area contributed by atoms with Crippen molar-refractivity contribution >= 4 is 30.0 Å². The van der Waals surface area contributed by atoms with Gasteiger partial charge in [0.1, 0.15) is 20.0 Å². The highest BCUT2D eigenvalue weighted by Gasteiger charge is 2.22. The first-order valence-electron chi connectivity index (χ1n) is 8.11. The van der Waals surface area contributed by atoms with Gasteiger partial charge in [0.15, 0.2) is 0 Å². The third kappa shape index (κ3) is 2.81. The van der Waals surface area contributed by atoms with E-state index in [9.17, 15) is 0 Å². The fraction of sp³-hybridized carbons (Fsp3) is 0.263. The highest BCUT2D eigenvalue weighted by Crippen LogP contribution is 2.31. The third-order valence-corrected chi connectivity index (χ3v) is 4.70. The number of hydrogen-bond acceptors (Lipinski definition) is 3. The minimum Gasteiger partial charge on any atom is -0.356 e. The van der Waals surface area contributed by atoms with Gasteiger partial charge < -0.3 is 4.90 Å². The first-order chi connectivity index (χ1) is 11.3. The number of anilines is 1. The van der Waals surface area contributed by atoms with Gasteiger partial charge in [0.05, 0.1) is 5.52 Å². The summed E-state index contributed by atoms with van der Waals surface area (Å²) in [6.07, 6.45) is 3.95. The van der Waals surface area contributed by atoms with Crippen LogP contribution in [0.1, 0.15) is 24.3 Å². The fourth-order valence-corrected chi connectivity index (χ4v) is 3.46. The van der Waals surface area contributed by atoms with Gasteiger partial charge in [0, 0.05) is 18.5 Å². The lowest BCUT2D eigenvalue weighted by Crippen LogP contribution is -2.33. The first-order valence-corrected chi connectivity index (χ1v) is 8.11. The van der Waals surface area contributed by atoms with Gasteiger partial charge in [-0.3, -0.25) is 0 Å². The highest BCUT2D eigenvalue weighted by atomic mass is 15.2. The van der Waals surface area contributed by atoms with Crippen LogP contribution in [0.5, 0.6) is 0 Å². The Morgan fingerprint density at radius 3 is 2.52 bits per heavy atom. The van der Waals surface area contributed by atoms with Gasteiger partial charge in [0.2, 0.25) is 0 Å². The molecule has 1 fully saturated rings. The van der Waals surface area contributed by atoms with E-state index in [-0.39, 0.29) is 0 Å². The van der Waals surface area contributed by atoms with Gasteiger partial charge in [-0.15, -0.1) is 0 Å². The van der Waals surface area contributed by atoms with Gasteiger partial charge in [0.25, 0.3) is 0 Å². The van der Waals surface area contributed by atoms with Crippen molar-refractivity contribution in [3.8, 4) is 0 Å². The molecular weight excluding hydrogens is 281 g/mol. The van der Waals surface area contributed by atoms with Gasteiger partial charge in [-0.05, 0) is 30.4 Å². The number of rotatable bonds is 2. The van der Waals surface area contributed by atoms with Crippen molar-refractivity contribution in [2.24, 2.45) is 0 Å². The molecule has 0 aliphatic carbocycles. The molecule has 112 valence electrons. The summed E-state index contributed by atoms with van der Waals surface area (Å²) in [6.45, 7) is 2.03. The molecule has 0 saturated carbocycles. The second-order valence-corrected chi connectivity index (χ2v) is 6.15. The van der Waals surface area contributed by atoms with Crippen LogP contribution in [0.2, 0.25) is 0 Å². The topological polar surface area (TPSA) is 29.0 Å². The van der Waals surface area contributed by atoms with Crippen molar-refractivity contribution in [1.29, 1.82) is 0 Å². The highest BCUT2D eigenvalue weighted by molar-refractivity contribution is 6.33. The van der Waals surface area contributed by atoms with Gasteiger partial charge in [-0.1, -0.05) is 47.9 Å². The summed E-state index contributed by atoms with van der Waals surface area (Å²) in [6, 6.07) is 16.6. The molecule has 2 aromatic carbocycles. The summed E-state index contributed by atoms with van der Waals surface area (Å²) in [5.41, 5.74) is 3.16.